The third-order valence-electron chi connectivity index (χ3n) is 5.46. The second kappa shape index (κ2) is 6.79. The number of hydrogen-bond acceptors (Lipinski definition) is 2. The number of rotatable bonds is 5. The van der Waals surface area contributed by atoms with Crippen molar-refractivity contribution < 1.29 is 0 Å². The smallest absolute Gasteiger partial charge is 0.0244 e. The highest BCUT2D eigenvalue weighted by Gasteiger charge is 2.36. The molecule has 0 radical (unpaired) electrons. The molecule has 1 saturated carbocycles. The average Bonchev–Trinajstić information content (AvgIpc) is 2.74. The van der Waals surface area contributed by atoms with E-state index in [9.17, 15) is 0 Å². The van der Waals surface area contributed by atoms with Crippen LogP contribution in [0.15, 0.2) is 0 Å². The lowest BCUT2D eigenvalue weighted by Gasteiger charge is -2.46. The van der Waals surface area contributed by atoms with Crippen LogP contribution in [0.1, 0.15) is 66.7 Å². The Labute approximate surface area is 126 Å². The van der Waals surface area contributed by atoms with Crippen LogP contribution in [0.4, 0.5) is 0 Å². The molecule has 0 spiro atoms. The van der Waals surface area contributed by atoms with Gasteiger partial charge < -0.3 is 5.32 Å². The molecular weight excluding hydrogens is 244 g/mol. The molecule has 2 atom stereocenters. The molecule has 1 heterocycles. The minimum atomic E-state index is 0.590. The van der Waals surface area contributed by atoms with Gasteiger partial charge in [-0.1, -0.05) is 47.5 Å². The first kappa shape index (κ1) is 16.3. The summed E-state index contributed by atoms with van der Waals surface area (Å²) >= 11 is 0. The maximum atomic E-state index is 3.81. The van der Waals surface area contributed by atoms with E-state index in [1.165, 1.54) is 51.7 Å². The van der Waals surface area contributed by atoms with Gasteiger partial charge in [0.1, 0.15) is 0 Å². The van der Waals surface area contributed by atoms with Crippen LogP contribution in [0, 0.1) is 17.3 Å². The molecule has 2 heteroatoms. The van der Waals surface area contributed by atoms with Gasteiger partial charge in [-0.2, -0.15) is 0 Å². The summed E-state index contributed by atoms with van der Waals surface area (Å²) in [4.78, 5) is 2.83. The maximum absolute atomic E-state index is 3.81. The van der Waals surface area contributed by atoms with Crippen molar-refractivity contribution in [3.8, 4) is 0 Å². The summed E-state index contributed by atoms with van der Waals surface area (Å²) in [6.07, 6.45) is 7.10. The molecule has 0 bridgehead atoms. The molecular formula is C18H36N2. The van der Waals surface area contributed by atoms with Crippen molar-refractivity contribution >= 4 is 0 Å². The summed E-state index contributed by atoms with van der Waals surface area (Å²) in [5.74, 6) is 1.56. The summed E-state index contributed by atoms with van der Waals surface area (Å²) in [6.45, 7) is 15.8. The predicted octanol–water partition coefficient (Wildman–Crippen LogP) is 3.91. The number of piperazine rings is 1. The highest BCUT2D eigenvalue weighted by atomic mass is 15.2. The third-order valence-corrected chi connectivity index (χ3v) is 5.46. The standard InChI is InChI=1S/C18H36N2/c1-14(2)10-16-12-20(17(11-19-16)15(3)4)13-18(5)8-6-7-9-18/h14-17,19H,6-13H2,1-5H3. The monoisotopic (exact) mass is 280 g/mol. The Morgan fingerprint density at radius 2 is 1.80 bits per heavy atom. The Morgan fingerprint density at radius 1 is 1.15 bits per heavy atom. The fraction of sp³-hybridized carbons (Fsp3) is 1.00. The highest BCUT2D eigenvalue weighted by molar-refractivity contribution is 4.92. The molecule has 2 fully saturated rings. The van der Waals surface area contributed by atoms with Crippen LogP contribution in [0.2, 0.25) is 0 Å². The molecule has 118 valence electrons. The highest BCUT2D eigenvalue weighted by Crippen LogP contribution is 2.39. The molecule has 1 saturated heterocycles. The van der Waals surface area contributed by atoms with Crippen LogP contribution < -0.4 is 5.32 Å². The van der Waals surface area contributed by atoms with E-state index in [1.54, 1.807) is 0 Å². The molecule has 1 aliphatic carbocycles. The zero-order chi connectivity index (χ0) is 14.8. The first-order chi connectivity index (χ1) is 9.39. The van der Waals surface area contributed by atoms with Gasteiger partial charge >= 0.3 is 0 Å². The van der Waals surface area contributed by atoms with Crippen molar-refractivity contribution in [3.05, 3.63) is 0 Å². The predicted molar refractivity (Wildman–Crippen MR) is 88.0 cm³/mol. The Bertz CT molecular complexity index is 292. The lowest BCUT2D eigenvalue weighted by Crippen LogP contribution is -2.60. The largest absolute Gasteiger partial charge is 0.311 e. The van der Waals surface area contributed by atoms with Crippen molar-refractivity contribution in [2.45, 2.75) is 78.8 Å². The Balaban J connectivity index is 1.99. The van der Waals surface area contributed by atoms with E-state index in [1.807, 2.05) is 0 Å². The molecule has 0 aromatic rings. The number of nitrogens with zero attached hydrogens (tertiary/aromatic N) is 1. The van der Waals surface area contributed by atoms with Gasteiger partial charge in [0.2, 0.25) is 0 Å². The van der Waals surface area contributed by atoms with Gasteiger partial charge in [-0.05, 0) is 36.5 Å². The van der Waals surface area contributed by atoms with E-state index in [0.717, 1.165) is 17.9 Å². The van der Waals surface area contributed by atoms with Gasteiger partial charge in [-0.15, -0.1) is 0 Å². The van der Waals surface area contributed by atoms with Crippen LogP contribution in [0.5, 0.6) is 0 Å². The summed E-state index contributed by atoms with van der Waals surface area (Å²) in [7, 11) is 0. The maximum Gasteiger partial charge on any atom is 0.0244 e. The molecule has 0 amide bonds. The van der Waals surface area contributed by atoms with Crippen LogP contribution in [0.25, 0.3) is 0 Å². The second-order valence-electron chi connectivity index (χ2n) is 8.49. The summed E-state index contributed by atoms with van der Waals surface area (Å²) in [6, 6.07) is 1.44. The van der Waals surface area contributed by atoms with Gasteiger partial charge in [0.05, 0.1) is 0 Å². The van der Waals surface area contributed by atoms with Gasteiger partial charge in [-0.25, -0.2) is 0 Å². The molecule has 2 nitrogen and oxygen atoms in total. The average molecular weight is 280 g/mol. The lowest BCUT2D eigenvalue weighted by atomic mass is 9.85. The Morgan fingerprint density at radius 3 is 2.35 bits per heavy atom. The van der Waals surface area contributed by atoms with Gasteiger partial charge in [0.15, 0.2) is 0 Å². The molecule has 0 aromatic heterocycles. The Kier molecular flexibility index (Phi) is 5.53. The van der Waals surface area contributed by atoms with Crippen molar-refractivity contribution in [1.29, 1.82) is 0 Å². The van der Waals surface area contributed by atoms with Crippen LogP contribution >= 0.6 is 0 Å². The topological polar surface area (TPSA) is 15.3 Å². The van der Waals surface area contributed by atoms with Crippen molar-refractivity contribution in [3.63, 3.8) is 0 Å². The van der Waals surface area contributed by atoms with Crippen molar-refractivity contribution in [1.82, 2.24) is 10.2 Å². The fourth-order valence-electron chi connectivity index (χ4n) is 4.34. The zero-order valence-corrected chi connectivity index (χ0v) is 14.4. The molecule has 2 unspecified atom stereocenters. The zero-order valence-electron chi connectivity index (χ0n) is 14.4. The third kappa shape index (κ3) is 4.21. The summed E-state index contributed by atoms with van der Waals surface area (Å²) in [5.41, 5.74) is 0.590. The van der Waals surface area contributed by atoms with Crippen molar-refractivity contribution in [2.75, 3.05) is 19.6 Å². The van der Waals surface area contributed by atoms with Crippen LogP contribution in [-0.4, -0.2) is 36.6 Å². The Hall–Kier alpha value is -0.0800. The minimum Gasteiger partial charge on any atom is -0.311 e. The molecule has 2 aliphatic rings. The van der Waals surface area contributed by atoms with Crippen LogP contribution in [-0.2, 0) is 0 Å². The van der Waals surface area contributed by atoms with E-state index >= 15 is 0 Å². The normalized spacial score (nSPS) is 31.4. The van der Waals surface area contributed by atoms with E-state index in [-0.39, 0.29) is 0 Å². The van der Waals surface area contributed by atoms with Gasteiger partial charge in [0, 0.05) is 31.7 Å². The second-order valence-corrected chi connectivity index (χ2v) is 8.49. The fourth-order valence-corrected chi connectivity index (χ4v) is 4.34. The van der Waals surface area contributed by atoms with Gasteiger partial charge in [0.25, 0.3) is 0 Å². The molecule has 0 aromatic carbocycles. The van der Waals surface area contributed by atoms with E-state index in [0.29, 0.717) is 11.5 Å². The molecule has 1 N–H and O–H groups in total. The van der Waals surface area contributed by atoms with E-state index < -0.39 is 0 Å². The quantitative estimate of drug-likeness (QED) is 0.821. The molecule has 20 heavy (non-hydrogen) atoms. The summed E-state index contributed by atoms with van der Waals surface area (Å²) in [5, 5.41) is 3.81. The first-order valence-corrected chi connectivity index (χ1v) is 8.87. The number of nitrogens with one attached hydrogen (secondary N) is 1. The van der Waals surface area contributed by atoms with E-state index in [2.05, 4.69) is 44.8 Å². The SMILES string of the molecule is CC(C)CC1CN(CC2(C)CCCC2)C(C(C)C)CN1. The van der Waals surface area contributed by atoms with Gasteiger partial charge in [-0.3, -0.25) is 4.90 Å². The molecule has 2 rings (SSSR count). The van der Waals surface area contributed by atoms with Crippen LogP contribution in [0.3, 0.4) is 0 Å². The number of hydrogen-bond donors (Lipinski definition) is 1. The van der Waals surface area contributed by atoms with E-state index in [4.69, 9.17) is 0 Å². The molecule has 1 aliphatic heterocycles. The minimum absolute atomic E-state index is 0.590. The van der Waals surface area contributed by atoms with Crippen molar-refractivity contribution in [2.24, 2.45) is 17.3 Å². The lowest BCUT2D eigenvalue weighted by molar-refractivity contribution is 0.0526. The summed E-state index contributed by atoms with van der Waals surface area (Å²) < 4.78 is 0. The first-order valence-electron chi connectivity index (χ1n) is 8.87.